The molecule has 0 radical (unpaired) electrons. The van der Waals surface area contributed by atoms with E-state index in [-0.39, 0.29) is 11.7 Å². The van der Waals surface area contributed by atoms with Gasteiger partial charge in [-0.3, -0.25) is 9.59 Å². The van der Waals surface area contributed by atoms with Gasteiger partial charge in [-0.1, -0.05) is 12.1 Å². The van der Waals surface area contributed by atoms with Crippen LogP contribution in [-0.4, -0.2) is 46.5 Å². The van der Waals surface area contributed by atoms with E-state index < -0.39 is 0 Å². The quantitative estimate of drug-likeness (QED) is 0.163. The van der Waals surface area contributed by atoms with E-state index in [0.717, 1.165) is 36.2 Å². The Morgan fingerprint density at radius 3 is 2.27 bits per heavy atom. The standard InChI is InChI=1S/C34H31FN2O5.CH5N/c1-5-37(6-2)29-19-31-28(18-27(29)22-12-15-30(40-4)23(16-22)20-38)32(34(39)36-3)33(42-31)21-10-13-25(14-11-21)41-26-9-7-8-24(35)17-26;1-2/h7-20H,5-6H2,1-4H3,(H,36,39);2H2,1H3. The van der Waals surface area contributed by atoms with Crippen molar-refractivity contribution < 1.29 is 27.9 Å². The van der Waals surface area contributed by atoms with E-state index in [1.54, 1.807) is 55.6 Å². The van der Waals surface area contributed by atoms with Crippen molar-refractivity contribution in [3.8, 4) is 39.7 Å². The first kappa shape index (κ1) is 31.8. The highest BCUT2D eigenvalue weighted by molar-refractivity contribution is 6.13. The predicted molar refractivity (Wildman–Crippen MR) is 173 cm³/mol. The van der Waals surface area contributed by atoms with Crippen molar-refractivity contribution in [3.05, 3.63) is 95.8 Å². The van der Waals surface area contributed by atoms with Gasteiger partial charge in [0.1, 0.15) is 34.4 Å². The van der Waals surface area contributed by atoms with Gasteiger partial charge in [0.25, 0.3) is 5.91 Å². The third-order valence-electron chi connectivity index (χ3n) is 7.18. The van der Waals surface area contributed by atoms with E-state index in [0.29, 0.717) is 50.7 Å². The van der Waals surface area contributed by atoms with E-state index in [1.165, 1.54) is 26.3 Å². The molecule has 0 fully saturated rings. The summed E-state index contributed by atoms with van der Waals surface area (Å²) in [5.74, 6) is 1.10. The van der Waals surface area contributed by atoms with Crippen LogP contribution in [0.4, 0.5) is 10.1 Å². The summed E-state index contributed by atoms with van der Waals surface area (Å²) in [6.07, 6.45) is 0.769. The summed E-state index contributed by atoms with van der Waals surface area (Å²) in [5, 5.41) is 3.38. The Kier molecular flexibility index (Phi) is 10.4. The van der Waals surface area contributed by atoms with Gasteiger partial charge in [-0.15, -0.1) is 0 Å². The summed E-state index contributed by atoms with van der Waals surface area (Å²) in [6, 6.07) is 22.3. The second kappa shape index (κ2) is 14.3. The Balaban J connectivity index is 0.00000216. The number of rotatable bonds is 10. The number of ether oxygens (including phenoxy) is 2. The fourth-order valence-electron chi connectivity index (χ4n) is 5.08. The number of methoxy groups -OCH3 is 1. The maximum atomic E-state index is 13.6. The highest BCUT2D eigenvalue weighted by Crippen LogP contribution is 2.42. The number of aldehydes is 1. The zero-order valence-corrected chi connectivity index (χ0v) is 25.4. The van der Waals surface area contributed by atoms with Crippen LogP contribution in [0, 0.1) is 5.82 Å². The Bertz CT molecular complexity index is 1760. The van der Waals surface area contributed by atoms with Crippen molar-refractivity contribution in [1.29, 1.82) is 0 Å². The summed E-state index contributed by atoms with van der Waals surface area (Å²) in [6.45, 7) is 5.63. The van der Waals surface area contributed by atoms with E-state index >= 15 is 0 Å². The molecule has 228 valence electrons. The van der Waals surface area contributed by atoms with Crippen LogP contribution in [0.25, 0.3) is 33.4 Å². The van der Waals surface area contributed by atoms with Crippen molar-refractivity contribution in [2.75, 3.05) is 39.2 Å². The Labute approximate surface area is 256 Å². The predicted octanol–water partition coefficient (Wildman–Crippen LogP) is 7.30. The van der Waals surface area contributed by atoms with Gasteiger partial charge in [-0.2, -0.15) is 0 Å². The molecule has 0 aliphatic heterocycles. The second-order valence-electron chi connectivity index (χ2n) is 9.58. The monoisotopic (exact) mass is 597 g/mol. The van der Waals surface area contributed by atoms with Gasteiger partial charge in [-0.05, 0) is 81.1 Å². The normalized spacial score (nSPS) is 10.5. The molecule has 0 spiro atoms. The van der Waals surface area contributed by atoms with Crippen molar-refractivity contribution in [2.24, 2.45) is 5.73 Å². The fraction of sp³-hybridized carbons (Fsp3) is 0.200. The summed E-state index contributed by atoms with van der Waals surface area (Å²) < 4.78 is 31.1. The molecule has 5 rings (SSSR count). The average Bonchev–Trinajstić information content (AvgIpc) is 3.44. The number of carbonyl (C=O) groups is 2. The number of nitrogens with two attached hydrogens (primary N) is 1. The first-order chi connectivity index (χ1) is 21.4. The number of furan rings is 1. The summed E-state index contributed by atoms with van der Waals surface area (Å²) in [5.41, 5.74) is 9.13. The third kappa shape index (κ3) is 6.43. The van der Waals surface area contributed by atoms with Crippen LogP contribution in [0.15, 0.2) is 83.3 Å². The lowest BCUT2D eigenvalue weighted by Crippen LogP contribution is -2.22. The molecule has 0 aliphatic carbocycles. The molecular weight excluding hydrogens is 561 g/mol. The van der Waals surface area contributed by atoms with Crippen LogP contribution < -0.4 is 25.4 Å². The van der Waals surface area contributed by atoms with E-state index in [4.69, 9.17) is 13.9 Å². The van der Waals surface area contributed by atoms with E-state index in [9.17, 15) is 14.0 Å². The largest absolute Gasteiger partial charge is 0.496 e. The van der Waals surface area contributed by atoms with Crippen LogP contribution in [0.2, 0.25) is 0 Å². The van der Waals surface area contributed by atoms with Crippen LogP contribution in [0.1, 0.15) is 34.6 Å². The maximum absolute atomic E-state index is 13.6. The van der Waals surface area contributed by atoms with Gasteiger partial charge in [-0.25, -0.2) is 4.39 Å². The number of hydrogen-bond acceptors (Lipinski definition) is 7. The van der Waals surface area contributed by atoms with Crippen LogP contribution in [0.5, 0.6) is 17.2 Å². The number of fused-ring (bicyclic) bond motifs is 1. The molecule has 44 heavy (non-hydrogen) atoms. The van der Waals surface area contributed by atoms with Crippen molar-refractivity contribution >= 4 is 28.8 Å². The molecule has 0 atom stereocenters. The van der Waals surface area contributed by atoms with Gasteiger partial charge in [0.05, 0.1) is 18.2 Å². The first-order valence-electron chi connectivity index (χ1n) is 14.2. The molecule has 1 heterocycles. The van der Waals surface area contributed by atoms with Gasteiger partial charge in [0.2, 0.25) is 0 Å². The molecule has 0 saturated carbocycles. The molecule has 5 aromatic rings. The van der Waals surface area contributed by atoms with Crippen molar-refractivity contribution in [2.45, 2.75) is 13.8 Å². The van der Waals surface area contributed by atoms with Gasteiger partial charge >= 0.3 is 0 Å². The highest BCUT2D eigenvalue weighted by Gasteiger charge is 2.25. The molecule has 0 saturated heterocycles. The number of benzene rings is 4. The Morgan fingerprint density at radius 2 is 1.66 bits per heavy atom. The molecular formula is C35H36FN3O5. The number of nitrogens with one attached hydrogen (secondary N) is 1. The number of anilines is 1. The molecule has 9 heteroatoms. The number of halogens is 1. The molecule has 3 N–H and O–H groups in total. The van der Waals surface area contributed by atoms with Crippen LogP contribution >= 0.6 is 0 Å². The molecule has 1 aromatic heterocycles. The molecule has 8 nitrogen and oxygen atoms in total. The molecule has 4 aromatic carbocycles. The number of amides is 1. The Hall–Kier alpha value is -5.15. The average molecular weight is 598 g/mol. The SMILES string of the molecule is CCN(CC)c1cc2oc(-c3ccc(Oc4cccc(F)c4)cc3)c(C(=O)NC)c2cc1-c1ccc(OC)c(C=O)c1.CN. The number of nitrogens with zero attached hydrogens (tertiary/aromatic N) is 1. The number of carbonyl (C=O) groups excluding carboxylic acids is 2. The highest BCUT2D eigenvalue weighted by atomic mass is 19.1. The molecule has 0 unspecified atom stereocenters. The first-order valence-corrected chi connectivity index (χ1v) is 14.2. The molecule has 1 amide bonds. The summed E-state index contributed by atoms with van der Waals surface area (Å²) in [4.78, 5) is 27.3. The lowest BCUT2D eigenvalue weighted by Gasteiger charge is -2.24. The minimum atomic E-state index is -0.387. The van der Waals surface area contributed by atoms with Crippen molar-refractivity contribution in [1.82, 2.24) is 5.32 Å². The van der Waals surface area contributed by atoms with Crippen LogP contribution in [-0.2, 0) is 0 Å². The van der Waals surface area contributed by atoms with Crippen molar-refractivity contribution in [3.63, 3.8) is 0 Å². The fourth-order valence-corrected chi connectivity index (χ4v) is 5.08. The zero-order valence-electron chi connectivity index (χ0n) is 25.4. The molecule has 0 aliphatic rings. The zero-order chi connectivity index (χ0) is 31.8. The third-order valence-corrected chi connectivity index (χ3v) is 7.18. The second-order valence-corrected chi connectivity index (χ2v) is 9.58. The van der Waals surface area contributed by atoms with Gasteiger partial charge in [0, 0.05) is 54.5 Å². The topological polar surface area (TPSA) is 107 Å². The lowest BCUT2D eigenvalue weighted by atomic mass is 9.96. The maximum Gasteiger partial charge on any atom is 0.255 e. The van der Waals surface area contributed by atoms with E-state index in [1.807, 2.05) is 18.2 Å². The molecule has 0 bridgehead atoms. The minimum Gasteiger partial charge on any atom is -0.496 e. The van der Waals surface area contributed by atoms with E-state index in [2.05, 4.69) is 29.8 Å². The summed E-state index contributed by atoms with van der Waals surface area (Å²) >= 11 is 0. The van der Waals surface area contributed by atoms with Crippen LogP contribution in [0.3, 0.4) is 0 Å². The summed E-state index contributed by atoms with van der Waals surface area (Å²) in [7, 11) is 4.60. The minimum absolute atomic E-state index is 0.298. The van der Waals surface area contributed by atoms with Gasteiger partial charge < -0.3 is 29.8 Å². The lowest BCUT2D eigenvalue weighted by molar-refractivity contribution is 0.0964. The van der Waals surface area contributed by atoms with Gasteiger partial charge in [0.15, 0.2) is 6.29 Å². The smallest absolute Gasteiger partial charge is 0.255 e. The number of hydrogen-bond donors (Lipinski definition) is 2. The Morgan fingerprint density at radius 1 is 0.955 bits per heavy atom.